The molecule has 0 saturated carbocycles. The van der Waals surface area contributed by atoms with Gasteiger partial charge >= 0.3 is 6.30 Å². The Morgan fingerprint density at radius 3 is 2.31 bits per heavy atom. The van der Waals surface area contributed by atoms with Crippen molar-refractivity contribution in [3.05, 3.63) is 11.5 Å². The van der Waals surface area contributed by atoms with Gasteiger partial charge in [-0.3, -0.25) is 5.43 Å². The molecule has 0 aromatic rings. The molecule has 0 radical (unpaired) electrons. The molecule has 0 aliphatic carbocycles. The fourth-order valence-corrected chi connectivity index (χ4v) is 0.760. The van der Waals surface area contributed by atoms with E-state index in [0.717, 1.165) is 0 Å². The van der Waals surface area contributed by atoms with E-state index >= 15 is 0 Å². The summed E-state index contributed by atoms with van der Waals surface area (Å²) in [6.45, 7) is -1.10. The van der Waals surface area contributed by atoms with Crippen LogP contribution in [0.5, 0.6) is 0 Å². The first kappa shape index (κ1) is 9.78. The Balaban J connectivity index is 2.75. The quantitative estimate of drug-likeness (QED) is 0.446. The van der Waals surface area contributed by atoms with Gasteiger partial charge in [-0.2, -0.15) is 17.6 Å². The number of hydrazine groups is 1. The lowest BCUT2D eigenvalue weighted by Crippen LogP contribution is -2.44. The van der Waals surface area contributed by atoms with Crippen LogP contribution in [0.15, 0.2) is 11.5 Å². The monoisotopic (exact) mass is 199 g/mol. The topological polar surface area (TPSA) is 55.4 Å². The predicted molar refractivity (Wildman–Crippen MR) is 29.0 cm³/mol. The molecular formula is C5H3F4N2O2-. The number of nitrogens with one attached hydrogen (secondary N) is 1. The number of halogens is 4. The third-order valence-corrected chi connectivity index (χ3v) is 1.37. The summed E-state index contributed by atoms with van der Waals surface area (Å²) < 4.78 is 47.9. The zero-order valence-corrected chi connectivity index (χ0v) is 5.98. The van der Waals surface area contributed by atoms with Gasteiger partial charge in [0.05, 0.1) is 12.5 Å². The lowest BCUT2D eigenvalue weighted by atomic mass is 10.3. The molecule has 0 amide bonds. The Morgan fingerprint density at radius 2 is 2.08 bits per heavy atom. The second-order valence-corrected chi connectivity index (χ2v) is 2.25. The van der Waals surface area contributed by atoms with Crippen molar-refractivity contribution in [2.75, 3.05) is 6.54 Å². The summed E-state index contributed by atoms with van der Waals surface area (Å²) >= 11 is 0. The number of alkyl halides is 3. The van der Waals surface area contributed by atoms with Crippen molar-refractivity contribution in [2.24, 2.45) is 0 Å². The first-order valence-corrected chi connectivity index (χ1v) is 3.03. The number of nitrogens with zero attached hydrogens (tertiary/aromatic N) is 1. The van der Waals surface area contributed by atoms with Gasteiger partial charge in [0, 0.05) is 5.57 Å². The molecule has 0 aromatic heterocycles. The van der Waals surface area contributed by atoms with Crippen LogP contribution in [-0.2, 0) is 4.79 Å². The van der Waals surface area contributed by atoms with E-state index in [4.69, 9.17) is 0 Å². The SMILES string of the molecule is O=C([O-])C1=C(F)NN(C(F)(F)F)C1. The third kappa shape index (κ3) is 1.89. The number of carbonyl (C=O) groups is 1. The summed E-state index contributed by atoms with van der Waals surface area (Å²) in [4.78, 5) is 10.0. The van der Waals surface area contributed by atoms with Crippen LogP contribution < -0.4 is 10.5 Å². The molecule has 74 valence electrons. The molecule has 0 atom stereocenters. The van der Waals surface area contributed by atoms with E-state index in [9.17, 15) is 27.5 Å². The molecule has 0 spiro atoms. The Kier molecular flexibility index (Phi) is 2.16. The normalized spacial score (nSPS) is 19.1. The maximum Gasteiger partial charge on any atom is 0.477 e. The molecule has 1 aliphatic rings. The summed E-state index contributed by atoms with van der Waals surface area (Å²) in [7, 11) is 0. The van der Waals surface area contributed by atoms with Crippen LogP contribution >= 0.6 is 0 Å². The Hall–Kier alpha value is -1.31. The van der Waals surface area contributed by atoms with Gasteiger partial charge in [-0.1, -0.05) is 0 Å². The van der Waals surface area contributed by atoms with Crippen molar-refractivity contribution in [3.63, 3.8) is 0 Å². The molecule has 0 saturated heterocycles. The summed E-state index contributed by atoms with van der Waals surface area (Å²) in [5.41, 5.74) is 0.182. The highest BCUT2D eigenvalue weighted by Crippen LogP contribution is 2.25. The molecule has 8 heteroatoms. The zero-order chi connectivity index (χ0) is 10.2. The van der Waals surface area contributed by atoms with Crippen LogP contribution in [0.1, 0.15) is 0 Å². The number of rotatable bonds is 1. The van der Waals surface area contributed by atoms with Gasteiger partial charge in [0.2, 0.25) is 5.95 Å². The molecule has 1 heterocycles. The van der Waals surface area contributed by atoms with Crippen LogP contribution in [0.2, 0.25) is 0 Å². The molecular weight excluding hydrogens is 196 g/mol. The van der Waals surface area contributed by atoms with Crippen LogP contribution in [0, 0.1) is 0 Å². The van der Waals surface area contributed by atoms with Crippen molar-refractivity contribution >= 4 is 5.97 Å². The molecule has 13 heavy (non-hydrogen) atoms. The van der Waals surface area contributed by atoms with Crippen LogP contribution in [0.25, 0.3) is 0 Å². The summed E-state index contributed by atoms with van der Waals surface area (Å²) in [6, 6.07) is 0. The molecule has 0 fully saturated rings. The van der Waals surface area contributed by atoms with Crippen LogP contribution in [-0.4, -0.2) is 23.8 Å². The van der Waals surface area contributed by atoms with Crippen LogP contribution in [0.4, 0.5) is 17.6 Å². The molecule has 0 unspecified atom stereocenters. The largest absolute Gasteiger partial charge is 0.545 e. The van der Waals surface area contributed by atoms with Gasteiger partial charge < -0.3 is 9.90 Å². The summed E-state index contributed by atoms with van der Waals surface area (Å²) in [5.74, 6) is -3.51. The number of carboxylic acid groups (broad SMARTS) is 1. The van der Waals surface area contributed by atoms with Gasteiger partial charge in [-0.25, -0.2) is 0 Å². The fourth-order valence-electron chi connectivity index (χ4n) is 0.760. The number of aliphatic carboxylic acids is 1. The average molecular weight is 199 g/mol. The highest BCUT2D eigenvalue weighted by atomic mass is 19.4. The van der Waals surface area contributed by atoms with E-state index in [1.165, 1.54) is 5.43 Å². The van der Waals surface area contributed by atoms with Crippen molar-refractivity contribution < 1.29 is 27.5 Å². The van der Waals surface area contributed by atoms with E-state index in [-0.39, 0.29) is 0 Å². The van der Waals surface area contributed by atoms with Crippen molar-refractivity contribution in [1.82, 2.24) is 10.4 Å². The number of hydrogen-bond acceptors (Lipinski definition) is 4. The highest BCUT2D eigenvalue weighted by Gasteiger charge is 2.42. The highest BCUT2D eigenvalue weighted by molar-refractivity contribution is 5.86. The summed E-state index contributed by atoms with van der Waals surface area (Å²) in [6.07, 6.45) is -4.82. The standard InChI is InChI=1S/C5H4F4N2O2/c6-3-2(4(12)13)1-11(10-3)5(7,8)9/h10H,1H2,(H,12,13)/p-1. The Labute approximate surface area is 69.4 Å². The zero-order valence-electron chi connectivity index (χ0n) is 5.98. The number of hydrogen-bond donors (Lipinski definition) is 1. The van der Waals surface area contributed by atoms with E-state index < -0.39 is 35.3 Å². The molecule has 0 aromatic carbocycles. The molecule has 4 nitrogen and oxygen atoms in total. The van der Waals surface area contributed by atoms with E-state index in [2.05, 4.69) is 0 Å². The molecule has 1 rings (SSSR count). The average Bonchev–Trinajstić information content (AvgIpc) is 2.29. The number of carbonyl (C=O) groups excluding carboxylic acids is 1. The fraction of sp³-hybridized carbons (Fsp3) is 0.400. The maximum atomic E-state index is 12.4. The Morgan fingerprint density at radius 1 is 1.54 bits per heavy atom. The second kappa shape index (κ2) is 2.87. The molecule has 0 bridgehead atoms. The van der Waals surface area contributed by atoms with Gasteiger partial charge in [-0.05, 0) is 0 Å². The van der Waals surface area contributed by atoms with Crippen molar-refractivity contribution in [3.8, 4) is 0 Å². The minimum Gasteiger partial charge on any atom is -0.545 e. The van der Waals surface area contributed by atoms with Crippen LogP contribution in [0.3, 0.4) is 0 Å². The maximum absolute atomic E-state index is 12.4. The van der Waals surface area contributed by atoms with Gasteiger partial charge in [0.25, 0.3) is 0 Å². The first-order valence-electron chi connectivity index (χ1n) is 3.03. The second-order valence-electron chi connectivity index (χ2n) is 2.25. The lowest BCUT2D eigenvalue weighted by Gasteiger charge is -2.18. The van der Waals surface area contributed by atoms with Gasteiger partial charge in [-0.15, -0.1) is 5.01 Å². The molecule has 1 N–H and O–H groups in total. The van der Waals surface area contributed by atoms with Gasteiger partial charge in [0.1, 0.15) is 0 Å². The van der Waals surface area contributed by atoms with Crippen molar-refractivity contribution in [1.29, 1.82) is 0 Å². The van der Waals surface area contributed by atoms with E-state index in [0.29, 0.717) is 0 Å². The van der Waals surface area contributed by atoms with E-state index in [1.54, 1.807) is 0 Å². The van der Waals surface area contributed by atoms with E-state index in [1.807, 2.05) is 0 Å². The first-order chi connectivity index (χ1) is 5.82. The lowest BCUT2D eigenvalue weighted by molar-refractivity contribution is -0.300. The Bertz CT molecular complexity index is 272. The van der Waals surface area contributed by atoms with Gasteiger partial charge in [0.15, 0.2) is 0 Å². The summed E-state index contributed by atoms with van der Waals surface area (Å²) in [5, 5.41) is 9.55. The van der Waals surface area contributed by atoms with Crippen molar-refractivity contribution in [2.45, 2.75) is 6.30 Å². The minimum absolute atomic E-state index is 0.493. The third-order valence-electron chi connectivity index (χ3n) is 1.37. The predicted octanol–water partition coefficient (Wildman–Crippen LogP) is -0.743. The minimum atomic E-state index is -4.82. The molecule has 1 aliphatic heterocycles. The smallest absolute Gasteiger partial charge is 0.477 e. The number of carboxylic acids is 1.